The molecule has 1 aliphatic rings. The van der Waals surface area contributed by atoms with E-state index in [4.69, 9.17) is 10.00 Å². The number of carbonyl (C=O) groups excluding carboxylic acids is 1. The van der Waals surface area contributed by atoms with E-state index < -0.39 is 5.60 Å². The van der Waals surface area contributed by atoms with Crippen LogP contribution in [0.25, 0.3) is 0 Å². The van der Waals surface area contributed by atoms with Gasteiger partial charge in [0.25, 0.3) is 5.91 Å². The van der Waals surface area contributed by atoms with E-state index in [-0.39, 0.29) is 11.8 Å². The number of ether oxygens (including phenoxy) is 1. The molecule has 1 aliphatic heterocycles. The Labute approximate surface area is 97.2 Å². The number of piperidine rings is 1. The van der Waals surface area contributed by atoms with Crippen molar-refractivity contribution in [1.82, 2.24) is 4.90 Å². The third-order valence-electron chi connectivity index (χ3n) is 3.47. The molecule has 0 aromatic carbocycles. The minimum absolute atomic E-state index is 0.0115. The maximum absolute atomic E-state index is 12.2. The molecule has 0 aliphatic carbocycles. The number of hydrogen-bond acceptors (Lipinski definition) is 3. The summed E-state index contributed by atoms with van der Waals surface area (Å²) >= 11 is 0. The van der Waals surface area contributed by atoms with Gasteiger partial charge < -0.3 is 9.64 Å². The number of hydrogen-bond donors (Lipinski definition) is 0. The summed E-state index contributed by atoms with van der Waals surface area (Å²) in [4.78, 5) is 14.0. The highest BCUT2D eigenvalue weighted by molar-refractivity contribution is 5.85. The zero-order valence-corrected chi connectivity index (χ0v) is 10.3. The molecule has 0 N–H and O–H groups in total. The van der Waals surface area contributed by atoms with Crippen LogP contribution in [0, 0.1) is 17.2 Å². The Kier molecular flexibility index (Phi) is 4.31. The van der Waals surface area contributed by atoms with Gasteiger partial charge in [0.15, 0.2) is 0 Å². The average Bonchev–Trinajstić information content (AvgIpc) is 2.37. The monoisotopic (exact) mass is 224 g/mol. The fourth-order valence-electron chi connectivity index (χ4n) is 1.98. The van der Waals surface area contributed by atoms with Crippen LogP contribution >= 0.6 is 0 Å². The van der Waals surface area contributed by atoms with E-state index in [9.17, 15) is 4.79 Å². The Hall–Kier alpha value is -1.08. The van der Waals surface area contributed by atoms with Gasteiger partial charge in [0.05, 0.1) is 12.0 Å². The largest absolute Gasteiger partial charge is 0.369 e. The summed E-state index contributed by atoms with van der Waals surface area (Å²) in [5.41, 5.74) is -0.739. The maximum atomic E-state index is 12.2. The van der Waals surface area contributed by atoms with Crippen molar-refractivity contribution in [2.75, 3.05) is 20.2 Å². The average molecular weight is 224 g/mol. The van der Waals surface area contributed by atoms with Crippen molar-refractivity contribution in [2.24, 2.45) is 5.92 Å². The van der Waals surface area contributed by atoms with Crippen molar-refractivity contribution in [3.8, 4) is 6.07 Å². The fourth-order valence-corrected chi connectivity index (χ4v) is 1.98. The first-order chi connectivity index (χ1) is 7.57. The molecule has 0 spiro atoms. The lowest BCUT2D eigenvalue weighted by Crippen LogP contribution is -2.51. The number of methoxy groups -OCH3 is 1. The van der Waals surface area contributed by atoms with Crippen molar-refractivity contribution in [3.05, 3.63) is 0 Å². The SMILES string of the molecule is CCC(C)(OC)C(=O)N1CCCC(C#N)C1. The van der Waals surface area contributed by atoms with Crippen molar-refractivity contribution >= 4 is 5.91 Å². The first kappa shape index (κ1) is 13.0. The summed E-state index contributed by atoms with van der Waals surface area (Å²) < 4.78 is 5.30. The smallest absolute Gasteiger partial charge is 0.254 e. The Morgan fingerprint density at radius 2 is 2.38 bits per heavy atom. The number of likely N-dealkylation sites (tertiary alicyclic amines) is 1. The molecule has 4 heteroatoms. The lowest BCUT2D eigenvalue weighted by molar-refractivity contribution is -0.154. The van der Waals surface area contributed by atoms with Gasteiger partial charge in [-0.2, -0.15) is 5.26 Å². The zero-order valence-electron chi connectivity index (χ0n) is 10.3. The van der Waals surface area contributed by atoms with E-state index in [0.717, 1.165) is 19.4 Å². The van der Waals surface area contributed by atoms with E-state index in [1.54, 1.807) is 12.0 Å². The minimum Gasteiger partial charge on any atom is -0.369 e. The van der Waals surface area contributed by atoms with Crippen LogP contribution in [0.5, 0.6) is 0 Å². The van der Waals surface area contributed by atoms with Crippen molar-refractivity contribution in [3.63, 3.8) is 0 Å². The van der Waals surface area contributed by atoms with Gasteiger partial charge in [-0.15, -0.1) is 0 Å². The molecular formula is C12H20N2O2. The van der Waals surface area contributed by atoms with Crippen LogP contribution < -0.4 is 0 Å². The van der Waals surface area contributed by atoms with Gasteiger partial charge in [-0.05, 0) is 26.2 Å². The van der Waals surface area contributed by atoms with Crippen LogP contribution in [0.15, 0.2) is 0 Å². The van der Waals surface area contributed by atoms with E-state index in [1.807, 2.05) is 13.8 Å². The lowest BCUT2D eigenvalue weighted by atomic mass is 9.95. The number of carbonyl (C=O) groups is 1. The summed E-state index contributed by atoms with van der Waals surface area (Å²) in [5, 5.41) is 8.89. The molecule has 1 saturated heterocycles. The van der Waals surface area contributed by atoms with Gasteiger partial charge in [-0.3, -0.25) is 4.79 Å². The van der Waals surface area contributed by atoms with E-state index in [0.29, 0.717) is 13.0 Å². The Morgan fingerprint density at radius 1 is 1.69 bits per heavy atom. The van der Waals surface area contributed by atoms with Crippen LogP contribution in [-0.2, 0) is 9.53 Å². The standard InChI is InChI=1S/C12H20N2O2/c1-4-12(2,16-3)11(15)14-7-5-6-10(8-13)9-14/h10H,4-7,9H2,1-3H3. The molecule has 1 heterocycles. The highest BCUT2D eigenvalue weighted by Gasteiger charge is 2.36. The second-order valence-corrected chi connectivity index (χ2v) is 4.51. The van der Waals surface area contributed by atoms with Crippen molar-refractivity contribution in [1.29, 1.82) is 5.26 Å². The summed E-state index contributed by atoms with van der Waals surface area (Å²) in [6.07, 6.45) is 2.46. The number of nitriles is 1. The third-order valence-corrected chi connectivity index (χ3v) is 3.47. The predicted molar refractivity (Wildman–Crippen MR) is 60.6 cm³/mol. The summed E-state index contributed by atoms with van der Waals surface area (Å²) in [6.45, 7) is 5.04. The molecule has 90 valence electrons. The molecule has 1 rings (SSSR count). The highest BCUT2D eigenvalue weighted by Crippen LogP contribution is 2.22. The molecule has 1 amide bonds. The van der Waals surface area contributed by atoms with Crippen LogP contribution in [0.4, 0.5) is 0 Å². The number of amides is 1. The van der Waals surface area contributed by atoms with Gasteiger partial charge in [-0.25, -0.2) is 0 Å². The summed E-state index contributed by atoms with van der Waals surface area (Å²) in [5.74, 6) is -0.00638. The van der Waals surface area contributed by atoms with Gasteiger partial charge in [0, 0.05) is 20.2 Å². The first-order valence-electron chi connectivity index (χ1n) is 5.81. The minimum atomic E-state index is -0.739. The molecule has 1 fully saturated rings. The van der Waals surface area contributed by atoms with Gasteiger partial charge in [0.2, 0.25) is 0 Å². The molecule has 2 unspecified atom stereocenters. The Morgan fingerprint density at radius 3 is 2.88 bits per heavy atom. The van der Waals surface area contributed by atoms with Gasteiger partial charge in [0.1, 0.15) is 5.60 Å². The molecule has 0 saturated carbocycles. The molecule has 4 nitrogen and oxygen atoms in total. The fraction of sp³-hybridized carbons (Fsp3) is 0.833. The number of rotatable bonds is 3. The quantitative estimate of drug-likeness (QED) is 0.731. The molecule has 16 heavy (non-hydrogen) atoms. The zero-order chi connectivity index (χ0) is 12.2. The maximum Gasteiger partial charge on any atom is 0.254 e. The first-order valence-corrected chi connectivity index (χ1v) is 5.81. The van der Waals surface area contributed by atoms with Crippen LogP contribution in [0.3, 0.4) is 0 Å². The van der Waals surface area contributed by atoms with E-state index >= 15 is 0 Å². The summed E-state index contributed by atoms with van der Waals surface area (Å²) in [6, 6.07) is 2.24. The van der Waals surface area contributed by atoms with Gasteiger partial charge >= 0.3 is 0 Å². The molecule has 0 bridgehead atoms. The van der Waals surface area contributed by atoms with Crippen LogP contribution in [0.2, 0.25) is 0 Å². The Balaban J connectivity index is 2.70. The van der Waals surface area contributed by atoms with Crippen LogP contribution in [-0.4, -0.2) is 36.6 Å². The second kappa shape index (κ2) is 5.31. The molecule has 0 aromatic heterocycles. The van der Waals surface area contributed by atoms with Crippen LogP contribution in [0.1, 0.15) is 33.1 Å². The predicted octanol–water partition coefficient (Wildman–Crippen LogP) is 1.56. The topological polar surface area (TPSA) is 53.3 Å². The highest BCUT2D eigenvalue weighted by atomic mass is 16.5. The lowest BCUT2D eigenvalue weighted by Gasteiger charge is -2.36. The van der Waals surface area contributed by atoms with Gasteiger partial charge in [-0.1, -0.05) is 6.92 Å². The molecule has 0 aromatic rings. The van der Waals surface area contributed by atoms with E-state index in [1.165, 1.54) is 0 Å². The number of nitrogens with zero attached hydrogens (tertiary/aromatic N) is 2. The molecule has 0 radical (unpaired) electrons. The molecular weight excluding hydrogens is 204 g/mol. The van der Waals surface area contributed by atoms with Crippen molar-refractivity contribution in [2.45, 2.75) is 38.7 Å². The van der Waals surface area contributed by atoms with Crippen molar-refractivity contribution < 1.29 is 9.53 Å². The third kappa shape index (κ3) is 2.53. The summed E-state index contributed by atoms with van der Waals surface area (Å²) in [7, 11) is 1.56. The molecule has 2 atom stereocenters. The Bertz CT molecular complexity index is 292. The normalized spacial score (nSPS) is 24.6. The second-order valence-electron chi connectivity index (χ2n) is 4.51. The van der Waals surface area contributed by atoms with E-state index in [2.05, 4.69) is 6.07 Å².